The summed E-state index contributed by atoms with van der Waals surface area (Å²) in [6.07, 6.45) is 3.81. The van der Waals surface area contributed by atoms with Crippen molar-refractivity contribution >= 4 is 33.6 Å². The Balaban J connectivity index is 0.00000126. The third kappa shape index (κ3) is 4.76. The molecule has 1 aliphatic heterocycles. The smallest absolute Gasteiger partial charge is 0.258 e. The van der Waals surface area contributed by atoms with Crippen molar-refractivity contribution in [2.75, 3.05) is 6.61 Å². The molecule has 3 aromatic heterocycles. The monoisotopic (exact) mass is 466 g/mol. The van der Waals surface area contributed by atoms with E-state index in [0.29, 0.717) is 29.7 Å². The van der Waals surface area contributed by atoms with Gasteiger partial charge in [0.05, 0.1) is 34.0 Å². The van der Waals surface area contributed by atoms with Crippen LogP contribution in [0.1, 0.15) is 62.1 Å². The number of rotatable bonds is 5. The molecule has 5 rings (SSSR count). The van der Waals surface area contributed by atoms with Crippen molar-refractivity contribution in [3.05, 3.63) is 63.2 Å². The quantitative estimate of drug-likeness (QED) is 0.396. The molecule has 10 heteroatoms. The Morgan fingerprint density at radius 3 is 2.97 bits per heavy atom. The number of thiazole rings is 1. The van der Waals surface area contributed by atoms with Crippen molar-refractivity contribution in [2.45, 2.75) is 52.7 Å². The van der Waals surface area contributed by atoms with Crippen LogP contribution in [-0.4, -0.2) is 37.5 Å². The lowest BCUT2D eigenvalue weighted by molar-refractivity contribution is 0.110. The summed E-state index contributed by atoms with van der Waals surface area (Å²) < 4.78 is 14.0. The molecule has 0 amide bonds. The van der Waals surface area contributed by atoms with Gasteiger partial charge in [0.2, 0.25) is 5.89 Å². The maximum Gasteiger partial charge on any atom is 0.258 e. The molecule has 9 nitrogen and oxygen atoms in total. The first-order valence-corrected chi connectivity index (χ1v) is 11.8. The summed E-state index contributed by atoms with van der Waals surface area (Å²) in [4.78, 5) is 29.7. The molecule has 1 saturated heterocycles. The highest BCUT2D eigenvalue weighted by molar-refractivity contribution is 7.16. The average Bonchev–Trinajstić information content (AvgIpc) is 3.60. The Labute approximate surface area is 195 Å². The van der Waals surface area contributed by atoms with Gasteiger partial charge in [-0.3, -0.25) is 9.36 Å². The first-order valence-electron chi connectivity index (χ1n) is 10.9. The summed E-state index contributed by atoms with van der Waals surface area (Å²) in [5.41, 5.74) is 4.27. The summed E-state index contributed by atoms with van der Waals surface area (Å²) in [5, 5.41) is 4.13. The summed E-state index contributed by atoms with van der Waals surface area (Å²) in [6, 6.07) is 6.22. The van der Waals surface area contributed by atoms with E-state index in [1.165, 1.54) is 10.9 Å². The zero-order valence-electron chi connectivity index (χ0n) is 19.1. The van der Waals surface area contributed by atoms with Crippen molar-refractivity contribution in [1.29, 1.82) is 0 Å². The van der Waals surface area contributed by atoms with Crippen LogP contribution < -0.4 is 5.56 Å². The highest BCUT2D eigenvalue weighted by Gasteiger charge is 2.31. The van der Waals surface area contributed by atoms with Gasteiger partial charge in [-0.15, -0.1) is 11.3 Å². The van der Waals surface area contributed by atoms with Gasteiger partial charge in [0.15, 0.2) is 11.6 Å². The van der Waals surface area contributed by atoms with E-state index in [9.17, 15) is 4.79 Å². The van der Waals surface area contributed by atoms with E-state index in [1.54, 1.807) is 31.4 Å². The van der Waals surface area contributed by atoms with Gasteiger partial charge in [0.25, 0.3) is 5.56 Å². The van der Waals surface area contributed by atoms with Crippen molar-refractivity contribution < 1.29 is 9.26 Å². The first-order chi connectivity index (χ1) is 16.1. The van der Waals surface area contributed by atoms with Gasteiger partial charge in [-0.05, 0) is 38.0 Å². The Morgan fingerprint density at radius 2 is 2.15 bits per heavy atom. The highest BCUT2D eigenvalue weighted by Crippen LogP contribution is 2.38. The lowest BCUT2D eigenvalue weighted by Crippen LogP contribution is -2.23. The van der Waals surface area contributed by atoms with Gasteiger partial charge in [-0.1, -0.05) is 25.1 Å². The first kappa shape index (κ1) is 22.9. The summed E-state index contributed by atoms with van der Waals surface area (Å²) >= 11 is 1.62. The second-order valence-electron chi connectivity index (χ2n) is 7.39. The predicted octanol–water partition coefficient (Wildman–Crippen LogP) is 4.59. The number of ether oxygens (including phenoxy) is 1. The fraction of sp³-hybridized carbons (Fsp3) is 0.391. The number of aromatic nitrogens is 5. The summed E-state index contributed by atoms with van der Waals surface area (Å²) in [5.74, 6) is 1.42. The van der Waals surface area contributed by atoms with Gasteiger partial charge in [-0.25, -0.2) is 15.0 Å². The molecule has 4 heterocycles. The van der Waals surface area contributed by atoms with Crippen LogP contribution in [0.4, 0.5) is 5.82 Å². The lowest BCUT2D eigenvalue weighted by Gasteiger charge is -2.09. The number of fused-ring (bicyclic) bond motifs is 1. The van der Waals surface area contributed by atoms with Crippen LogP contribution in [0.5, 0.6) is 0 Å². The number of hydrogen-bond acceptors (Lipinski definition) is 9. The third-order valence-corrected chi connectivity index (χ3v) is 6.16. The Hall–Kier alpha value is -3.24. The third-order valence-electron chi connectivity index (χ3n) is 5.37. The molecule has 1 aromatic carbocycles. The molecular weight excluding hydrogens is 440 g/mol. The van der Waals surface area contributed by atoms with E-state index in [4.69, 9.17) is 9.26 Å². The minimum atomic E-state index is -0.182. The Morgan fingerprint density at radius 1 is 1.30 bits per heavy atom. The van der Waals surface area contributed by atoms with Crippen LogP contribution in [0.15, 0.2) is 44.3 Å². The van der Waals surface area contributed by atoms with Crippen molar-refractivity contribution in [3.63, 3.8) is 0 Å². The van der Waals surface area contributed by atoms with Crippen molar-refractivity contribution in [2.24, 2.45) is 4.99 Å². The largest absolute Gasteiger partial charge is 0.373 e. The van der Waals surface area contributed by atoms with Crippen LogP contribution in [0.25, 0.3) is 10.2 Å². The molecule has 0 unspecified atom stereocenters. The van der Waals surface area contributed by atoms with Crippen LogP contribution >= 0.6 is 11.3 Å². The second kappa shape index (κ2) is 10.1. The van der Waals surface area contributed by atoms with Crippen LogP contribution in [-0.2, 0) is 11.3 Å². The summed E-state index contributed by atoms with van der Waals surface area (Å²) in [6.45, 7) is 8.16. The van der Waals surface area contributed by atoms with Gasteiger partial charge in [0, 0.05) is 12.1 Å². The SMILES string of the molecule is C/C=N\c1ncn(Cc2nc([C@@H]3CO[C@@H](c4ccc5ncsc5c4)C3)no2)c(=O)c1C.CC. The van der Waals surface area contributed by atoms with E-state index in [-0.39, 0.29) is 24.1 Å². The highest BCUT2D eigenvalue weighted by atomic mass is 32.1. The minimum absolute atomic E-state index is 0.0143. The Bertz CT molecular complexity index is 1330. The fourth-order valence-corrected chi connectivity index (χ4v) is 4.43. The maximum atomic E-state index is 12.5. The molecule has 33 heavy (non-hydrogen) atoms. The molecule has 0 N–H and O–H groups in total. The molecule has 172 valence electrons. The van der Waals surface area contributed by atoms with E-state index in [2.05, 4.69) is 37.2 Å². The molecule has 0 radical (unpaired) electrons. The minimum Gasteiger partial charge on any atom is -0.373 e. The van der Waals surface area contributed by atoms with E-state index < -0.39 is 0 Å². The normalized spacial score (nSPS) is 18.1. The lowest BCUT2D eigenvalue weighted by atomic mass is 10.00. The molecule has 0 spiro atoms. The fourth-order valence-electron chi connectivity index (χ4n) is 3.70. The number of nitrogens with zero attached hydrogens (tertiary/aromatic N) is 6. The predicted molar refractivity (Wildman–Crippen MR) is 127 cm³/mol. The molecule has 0 aliphatic carbocycles. The standard InChI is InChI=1S/C21H20N6O3S.C2H6/c1-3-22-19-12(2)21(28)27(10-23-19)8-18-25-20(26-30-18)14-6-16(29-9-14)13-4-5-15-17(7-13)31-11-24-15;1-2/h3-5,7,10-11,14,16H,6,8-9H2,1-2H3;1-2H3/b22-3-;/t14-,16+;/m0./s1. The topological polar surface area (TPSA) is 108 Å². The maximum absolute atomic E-state index is 12.5. The van der Waals surface area contributed by atoms with E-state index in [0.717, 1.165) is 22.2 Å². The van der Waals surface area contributed by atoms with Crippen LogP contribution in [0.2, 0.25) is 0 Å². The molecule has 1 aliphatic rings. The van der Waals surface area contributed by atoms with Crippen molar-refractivity contribution in [1.82, 2.24) is 24.7 Å². The second-order valence-corrected chi connectivity index (χ2v) is 8.28. The van der Waals surface area contributed by atoms with Gasteiger partial charge < -0.3 is 9.26 Å². The number of benzene rings is 1. The molecule has 0 saturated carbocycles. The molecular formula is C23H26N6O3S. The average molecular weight is 467 g/mol. The molecule has 1 fully saturated rings. The molecule has 2 atom stereocenters. The number of aliphatic imine (C=N–C) groups is 1. The zero-order valence-corrected chi connectivity index (χ0v) is 19.9. The van der Waals surface area contributed by atoms with Gasteiger partial charge in [-0.2, -0.15) is 4.98 Å². The zero-order chi connectivity index (χ0) is 23.4. The van der Waals surface area contributed by atoms with E-state index in [1.807, 2.05) is 25.4 Å². The van der Waals surface area contributed by atoms with E-state index >= 15 is 0 Å². The Kier molecular flexibility index (Phi) is 7.05. The molecule has 4 aromatic rings. The van der Waals surface area contributed by atoms with Crippen molar-refractivity contribution in [3.8, 4) is 0 Å². The number of hydrogen-bond donors (Lipinski definition) is 0. The van der Waals surface area contributed by atoms with Gasteiger partial charge >= 0.3 is 0 Å². The summed E-state index contributed by atoms with van der Waals surface area (Å²) in [7, 11) is 0. The van der Waals surface area contributed by atoms with Crippen LogP contribution in [0.3, 0.4) is 0 Å². The molecule has 0 bridgehead atoms. The van der Waals surface area contributed by atoms with Gasteiger partial charge in [0.1, 0.15) is 12.9 Å². The van der Waals surface area contributed by atoms with Crippen LogP contribution in [0, 0.1) is 6.92 Å².